The molecule has 0 aromatic heterocycles. The Hall–Kier alpha value is -1.48. The molecule has 1 atom stereocenters. The van der Waals surface area contributed by atoms with Crippen molar-refractivity contribution >= 4 is 21.6 Å². The summed E-state index contributed by atoms with van der Waals surface area (Å²) in [7, 11) is 0. The molecule has 104 valence electrons. The monoisotopic (exact) mass is 331 g/mol. The summed E-state index contributed by atoms with van der Waals surface area (Å²) in [6, 6.07) is 16.8. The Morgan fingerprint density at radius 3 is 2.70 bits per heavy atom. The third kappa shape index (κ3) is 3.15. The van der Waals surface area contributed by atoms with Crippen LogP contribution in [0.15, 0.2) is 53.0 Å². The van der Waals surface area contributed by atoms with Crippen molar-refractivity contribution < 1.29 is 4.74 Å². The van der Waals surface area contributed by atoms with Gasteiger partial charge in [-0.2, -0.15) is 0 Å². The maximum absolute atomic E-state index is 6.06. The molecule has 0 spiro atoms. The van der Waals surface area contributed by atoms with Gasteiger partial charge in [0.05, 0.1) is 6.54 Å². The Morgan fingerprint density at radius 1 is 1.15 bits per heavy atom. The van der Waals surface area contributed by atoms with Crippen molar-refractivity contribution in [3.8, 4) is 5.75 Å². The molecule has 20 heavy (non-hydrogen) atoms. The van der Waals surface area contributed by atoms with E-state index in [1.165, 1.54) is 11.3 Å². The Bertz CT molecular complexity index is 582. The first-order chi connectivity index (χ1) is 9.70. The number of halogens is 1. The largest absolute Gasteiger partial charge is 0.488 e. The molecule has 3 rings (SSSR count). The highest BCUT2D eigenvalue weighted by Gasteiger charge is 2.24. The number of hydrogen-bond donors (Lipinski definition) is 0. The fraction of sp³-hybridized carbons (Fsp3) is 0.294. The van der Waals surface area contributed by atoms with Gasteiger partial charge in [0.1, 0.15) is 11.9 Å². The summed E-state index contributed by atoms with van der Waals surface area (Å²) in [5, 5.41) is 0. The second-order valence-electron chi connectivity index (χ2n) is 5.27. The summed E-state index contributed by atoms with van der Waals surface area (Å²) < 4.78 is 7.12. The Labute approximate surface area is 128 Å². The van der Waals surface area contributed by atoms with Crippen LogP contribution in [-0.2, 0) is 0 Å². The predicted octanol–water partition coefficient (Wildman–Crippen LogP) is 4.42. The minimum Gasteiger partial charge on any atom is -0.488 e. The first-order valence-corrected chi connectivity index (χ1v) is 7.74. The van der Waals surface area contributed by atoms with Crippen LogP contribution in [0.4, 0.5) is 5.69 Å². The molecule has 0 amide bonds. The quantitative estimate of drug-likeness (QED) is 0.825. The Morgan fingerprint density at radius 2 is 1.95 bits per heavy atom. The number of rotatable bonds is 3. The molecule has 3 heteroatoms. The molecule has 1 saturated heterocycles. The van der Waals surface area contributed by atoms with Gasteiger partial charge >= 0.3 is 0 Å². The van der Waals surface area contributed by atoms with Gasteiger partial charge in [-0.3, -0.25) is 0 Å². The molecule has 1 unspecified atom stereocenters. The van der Waals surface area contributed by atoms with Crippen LogP contribution in [0.5, 0.6) is 5.75 Å². The van der Waals surface area contributed by atoms with Crippen molar-refractivity contribution in [3.63, 3.8) is 0 Å². The van der Waals surface area contributed by atoms with Gasteiger partial charge in [-0.1, -0.05) is 39.7 Å². The second-order valence-corrected chi connectivity index (χ2v) is 6.18. The molecule has 0 aliphatic carbocycles. The zero-order chi connectivity index (χ0) is 13.9. The molecule has 1 fully saturated rings. The lowest BCUT2D eigenvalue weighted by Crippen LogP contribution is -2.24. The lowest BCUT2D eigenvalue weighted by molar-refractivity contribution is 0.225. The molecule has 1 aliphatic heterocycles. The SMILES string of the molecule is Cc1ccc(N2CCC(Oc3cccc(Br)c3)C2)cc1. The van der Waals surface area contributed by atoms with Crippen LogP contribution in [0.25, 0.3) is 0 Å². The van der Waals surface area contributed by atoms with E-state index in [0.717, 1.165) is 29.7 Å². The number of ether oxygens (including phenoxy) is 1. The summed E-state index contributed by atoms with van der Waals surface area (Å²) in [6.45, 7) is 4.13. The normalized spacial score (nSPS) is 18.3. The van der Waals surface area contributed by atoms with Gasteiger partial charge in [-0.15, -0.1) is 0 Å². The van der Waals surface area contributed by atoms with Crippen LogP contribution >= 0.6 is 15.9 Å². The average molecular weight is 332 g/mol. The molecule has 2 aromatic rings. The summed E-state index contributed by atoms with van der Waals surface area (Å²) in [4.78, 5) is 2.39. The average Bonchev–Trinajstić information content (AvgIpc) is 2.88. The molecule has 0 saturated carbocycles. The van der Waals surface area contributed by atoms with Crippen molar-refractivity contribution in [1.29, 1.82) is 0 Å². The molecule has 2 nitrogen and oxygen atoms in total. The first kappa shape index (κ1) is 13.5. The molecule has 1 heterocycles. The third-order valence-electron chi connectivity index (χ3n) is 3.64. The molecule has 2 aromatic carbocycles. The van der Waals surface area contributed by atoms with Gasteiger partial charge in [-0.25, -0.2) is 0 Å². The number of benzene rings is 2. The van der Waals surface area contributed by atoms with Crippen molar-refractivity contribution in [2.24, 2.45) is 0 Å². The number of aryl methyl sites for hydroxylation is 1. The smallest absolute Gasteiger partial charge is 0.120 e. The van der Waals surface area contributed by atoms with E-state index in [1.54, 1.807) is 0 Å². The van der Waals surface area contributed by atoms with E-state index in [0.29, 0.717) is 0 Å². The summed E-state index contributed by atoms with van der Waals surface area (Å²) in [6.07, 6.45) is 1.34. The van der Waals surface area contributed by atoms with Crippen molar-refractivity contribution in [3.05, 3.63) is 58.6 Å². The summed E-state index contributed by atoms with van der Waals surface area (Å²) >= 11 is 3.48. The van der Waals surface area contributed by atoms with Gasteiger partial charge < -0.3 is 9.64 Å². The van der Waals surface area contributed by atoms with Crippen LogP contribution in [0.2, 0.25) is 0 Å². The number of anilines is 1. The van der Waals surface area contributed by atoms with E-state index in [1.807, 2.05) is 24.3 Å². The van der Waals surface area contributed by atoms with Crippen LogP contribution < -0.4 is 9.64 Å². The van der Waals surface area contributed by atoms with E-state index in [-0.39, 0.29) is 6.10 Å². The van der Waals surface area contributed by atoms with Crippen molar-refractivity contribution in [1.82, 2.24) is 0 Å². The molecule has 0 N–H and O–H groups in total. The summed E-state index contributed by atoms with van der Waals surface area (Å²) in [5.74, 6) is 0.940. The van der Waals surface area contributed by atoms with E-state index in [9.17, 15) is 0 Å². The van der Waals surface area contributed by atoms with E-state index < -0.39 is 0 Å². The highest BCUT2D eigenvalue weighted by Crippen LogP contribution is 2.25. The van der Waals surface area contributed by atoms with Gasteiger partial charge in [0.15, 0.2) is 0 Å². The van der Waals surface area contributed by atoms with Gasteiger partial charge in [0, 0.05) is 23.1 Å². The fourth-order valence-corrected chi connectivity index (χ4v) is 2.93. The third-order valence-corrected chi connectivity index (χ3v) is 4.14. The van der Waals surface area contributed by atoms with Crippen LogP contribution in [0, 0.1) is 6.92 Å². The van der Waals surface area contributed by atoms with Gasteiger partial charge in [-0.05, 0) is 37.3 Å². The van der Waals surface area contributed by atoms with E-state index in [2.05, 4.69) is 52.0 Å². The molecule has 1 aliphatic rings. The lowest BCUT2D eigenvalue weighted by atomic mass is 10.2. The maximum Gasteiger partial charge on any atom is 0.120 e. The molecular weight excluding hydrogens is 314 g/mol. The number of hydrogen-bond acceptors (Lipinski definition) is 2. The standard InChI is InChI=1S/C17H18BrNO/c1-13-5-7-15(8-6-13)19-10-9-17(12-19)20-16-4-2-3-14(18)11-16/h2-8,11,17H,9-10,12H2,1H3. The van der Waals surface area contributed by atoms with Crippen LogP contribution in [-0.4, -0.2) is 19.2 Å². The highest BCUT2D eigenvalue weighted by molar-refractivity contribution is 9.10. The minimum absolute atomic E-state index is 0.269. The zero-order valence-electron chi connectivity index (χ0n) is 11.6. The molecular formula is C17H18BrNO. The van der Waals surface area contributed by atoms with Crippen molar-refractivity contribution in [2.45, 2.75) is 19.4 Å². The molecule has 0 bridgehead atoms. The lowest BCUT2D eigenvalue weighted by Gasteiger charge is -2.19. The van der Waals surface area contributed by atoms with E-state index in [4.69, 9.17) is 4.74 Å². The Balaban J connectivity index is 1.63. The highest BCUT2D eigenvalue weighted by atomic mass is 79.9. The number of nitrogens with zero attached hydrogens (tertiary/aromatic N) is 1. The minimum atomic E-state index is 0.269. The van der Waals surface area contributed by atoms with Crippen LogP contribution in [0.1, 0.15) is 12.0 Å². The van der Waals surface area contributed by atoms with Crippen molar-refractivity contribution in [2.75, 3.05) is 18.0 Å². The van der Waals surface area contributed by atoms with Gasteiger partial charge in [0.25, 0.3) is 0 Å². The Kier molecular flexibility index (Phi) is 3.97. The van der Waals surface area contributed by atoms with E-state index >= 15 is 0 Å². The van der Waals surface area contributed by atoms with Gasteiger partial charge in [0.2, 0.25) is 0 Å². The second kappa shape index (κ2) is 5.88. The van der Waals surface area contributed by atoms with Crippen LogP contribution in [0.3, 0.4) is 0 Å². The summed E-state index contributed by atoms with van der Waals surface area (Å²) in [5.41, 5.74) is 2.59. The topological polar surface area (TPSA) is 12.5 Å². The fourth-order valence-electron chi connectivity index (χ4n) is 2.55. The zero-order valence-corrected chi connectivity index (χ0v) is 13.1. The predicted molar refractivity (Wildman–Crippen MR) is 86.6 cm³/mol. The first-order valence-electron chi connectivity index (χ1n) is 6.94. The maximum atomic E-state index is 6.06. The molecule has 0 radical (unpaired) electrons.